The van der Waals surface area contributed by atoms with Crippen molar-refractivity contribution in [2.45, 2.75) is 19.8 Å². The van der Waals surface area contributed by atoms with Crippen molar-refractivity contribution in [2.24, 2.45) is 0 Å². The van der Waals surface area contributed by atoms with Gasteiger partial charge < -0.3 is 9.42 Å². The zero-order valence-electron chi connectivity index (χ0n) is 8.24. The van der Waals surface area contributed by atoms with Crippen LogP contribution in [-0.2, 0) is 4.79 Å². The van der Waals surface area contributed by atoms with Gasteiger partial charge in [-0.1, -0.05) is 0 Å². The molecule has 72 valence electrons. The Morgan fingerprint density at radius 1 is 1.54 bits per heavy atom. The summed E-state index contributed by atoms with van der Waals surface area (Å²) in [5.41, 5.74) is 0. The molecule has 0 spiro atoms. The molecule has 0 saturated carbocycles. The number of hydrogen-bond donors (Lipinski definition) is 0. The van der Waals surface area contributed by atoms with Crippen LogP contribution in [-0.4, -0.2) is 30.0 Å². The SMILES string of the molecule is CC(=O)C(C)c1nc(N(C)C)no1. The molecule has 5 heteroatoms. The molecule has 0 fully saturated rings. The summed E-state index contributed by atoms with van der Waals surface area (Å²) >= 11 is 0. The first-order chi connectivity index (χ1) is 6.02. The Labute approximate surface area is 76.7 Å². The summed E-state index contributed by atoms with van der Waals surface area (Å²) in [5.74, 6) is 0.564. The molecule has 1 rings (SSSR count). The first kappa shape index (κ1) is 9.70. The second kappa shape index (κ2) is 3.55. The van der Waals surface area contributed by atoms with Gasteiger partial charge >= 0.3 is 0 Å². The zero-order valence-corrected chi connectivity index (χ0v) is 8.24. The molecule has 0 aliphatic carbocycles. The van der Waals surface area contributed by atoms with Crippen LogP contribution in [0.1, 0.15) is 25.7 Å². The van der Waals surface area contributed by atoms with Gasteiger partial charge in [0.2, 0.25) is 5.89 Å². The number of carbonyl (C=O) groups excluding carboxylic acids is 1. The Kier molecular flexibility index (Phi) is 2.65. The fourth-order valence-electron chi connectivity index (χ4n) is 0.758. The van der Waals surface area contributed by atoms with E-state index < -0.39 is 0 Å². The first-order valence-electron chi connectivity index (χ1n) is 4.03. The summed E-state index contributed by atoms with van der Waals surface area (Å²) in [6, 6.07) is 0. The van der Waals surface area contributed by atoms with E-state index in [-0.39, 0.29) is 11.7 Å². The molecule has 0 aliphatic heterocycles. The van der Waals surface area contributed by atoms with Crippen molar-refractivity contribution in [3.63, 3.8) is 0 Å². The minimum atomic E-state index is -0.318. The van der Waals surface area contributed by atoms with E-state index in [1.807, 2.05) is 14.1 Å². The van der Waals surface area contributed by atoms with Gasteiger partial charge in [-0.25, -0.2) is 0 Å². The topological polar surface area (TPSA) is 59.2 Å². The van der Waals surface area contributed by atoms with Crippen molar-refractivity contribution in [2.75, 3.05) is 19.0 Å². The fourth-order valence-corrected chi connectivity index (χ4v) is 0.758. The van der Waals surface area contributed by atoms with Crippen molar-refractivity contribution < 1.29 is 9.32 Å². The lowest BCUT2D eigenvalue weighted by Crippen LogP contribution is -2.11. The largest absolute Gasteiger partial charge is 0.344 e. The molecular formula is C8H13N3O2. The maximum Gasteiger partial charge on any atom is 0.265 e. The van der Waals surface area contributed by atoms with Crippen LogP contribution in [0.4, 0.5) is 5.95 Å². The van der Waals surface area contributed by atoms with Gasteiger partial charge in [-0.3, -0.25) is 4.79 Å². The van der Waals surface area contributed by atoms with Gasteiger partial charge in [0.15, 0.2) is 0 Å². The number of hydrogen-bond acceptors (Lipinski definition) is 5. The van der Waals surface area contributed by atoms with Crippen LogP contribution in [0, 0.1) is 0 Å². The van der Waals surface area contributed by atoms with Gasteiger partial charge in [-0.05, 0) is 19.0 Å². The predicted molar refractivity (Wildman–Crippen MR) is 47.7 cm³/mol. The van der Waals surface area contributed by atoms with E-state index in [9.17, 15) is 4.79 Å². The van der Waals surface area contributed by atoms with Gasteiger partial charge in [-0.2, -0.15) is 4.98 Å². The molecule has 13 heavy (non-hydrogen) atoms. The van der Waals surface area contributed by atoms with Crippen LogP contribution in [0.25, 0.3) is 0 Å². The lowest BCUT2D eigenvalue weighted by atomic mass is 10.1. The number of nitrogens with zero attached hydrogens (tertiary/aromatic N) is 3. The van der Waals surface area contributed by atoms with E-state index in [0.29, 0.717) is 11.8 Å². The first-order valence-corrected chi connectivity index (χ1v) is 4.03. The van der Waals surface area contributed by atoms with Crippen LogP contribution < -0.4 is 4.90 Å². The van der Waals surface area contributed by atoms with Gasteiger partial charge in [-0.15, -0.1) is 0 Å². The van der Waals surface area contributed by atoms with E-state index in [1.54, 1.807) is 11.8 Å². The second-order valence-corrected chi connectivity index (χ2v) is 3.16. The molecule has 0 radical (unpaired) electrons. The number of anilines is 1. The highest BCUT2D eigenvalue weighted by Crippen LogP contribution is 2.16. The van der Waals surface area contributed by atoms with Gasteiger partial charge in [0.1, 0.15) is 5.78 Å². The predicted octanol–water partition coefficient (Wildman–Crippen LogP) is 0.828. The van der Waals surface area contributed by atoms with E-state index in [0.717, 1.165) is 0 Å². The highest BCUT2D eigenvalue weighted by Gasteiger charge is 2.18. The Hall–Kier alpha value is -1.39. The Morgan fingerprint density at radius 3 is 2.54 bits per heavy atom. The number of ketones is 1. The zero-order chi connectivity index (χ0) is 10.0. The van der Waals surface area contributed by atoms with Crippen LogP contribution >= 0.6 is 0 Å². The third kappa shape index (κ3) is 2.05. The molecular weight excluding hydrogens is 170 g/mol. The smallest absolute Gasteiger partial charge is 0.265 e. The number of aromatic nitrogens is 2. The maximum absolute atomic E-state index is 11.0. The molecule has 0 amide bonds. The summed E-state index contributed by atoms with van der Waals surface area (Å²) in [4.78, 5) is 16.8. The highest BCUT2D eigenvalue weighted by atomic mass is 16.5. The fraction of sp³-hybridized carbons (Fsp3) is 0.625. The van der Waals surface area contributed by atoms with Gasteiger partial charge in [0.05, 0.1) is 5.92 Å². The monoisotopic (exact) mass is 183 g/mol. The third-order valence-electron chi connectivity index (χ3n) is 1.81. The van der Waals surface area contributed by atoms with E-state index in [1.165, 1.54) is 6.92 Å². The summed E-state index contributed by atoms with van der Waals surface area (Å²) in [7, 11) is 3.63. The lowest BCUT2D eigenvalue weighted by molar-refractivity contribution is -0.118. The molecule has 0 bridgehead atoms. The number of rotatable bonds is 3. The molecule has 1 aromatic heterocycles. The maximum atomic E-state index is 11.0. The lowest BCUT2D eigenvalue weighted by Gasteiger charge is -2.03. The van der Waals surface area contributed by atoms with Crippen molar-refractivity contribution in [3.05, 3.63) is 5.89 Å². The quantitative estimate of drug-likeness (QED) is 0.694. The molecule has 1 unspecified atom stereocenters. The molecule has 1 aromatic rings. The van der Waals surface area contributed by atoms with Crippen molar-refractivity contribution >= 4 is 11.7 Å². The molecule has 0 aliphatic rings. The molecule has 1 heterocycles. The number of carbonyl (C=O) groups is 1. The summed E-state index contributed by atoms with van der Waals surface area (Å²) in [6.45, 7) is 3.25. The molecule has 0 aromatic carbocycles. The Balaban J connectivity index is 2.85. The van der Waals surface area contributed by atoms with Crippen molar-refractivity contribution in [1.82, 2.24) is 10.1 Å². The molecule has 0 saturated heterocycles. The van der Waals surface area contributed by atoms with Crippen molar-refractivity contribution in [3.8, 4) is 0 Å². The third-order valence-corrected chi connectivity index (χ3v) is 1.81. The minimum absolute atomic E-state index is 0.0222. The van der Waals surface area contributed by atoms with Gasteiger partial charge in [0, 0.05) is 14.1 Å². The van der Waals surface area contributed by atoms with Crippen LogP contribution in [0.2, 0.25) is 0 Å². The average molecular weight is 183 g/mol. The van der Waals surface area contributed by atoms with Gasteiger partial charge in [0.25, 0.3) is 5.95 Å². The minimum Gasteiger partial charge on any atom is -0.344 e. The normalized spacial score (nSPS) is 12.6. The molecule has 1 atom stereocenters. The Morgan fingerprint density at radius 2 is 2.15 bits per heavy atom. The van der Waals surface area contributed by atoms with Crippen molar-refractivity contribution in [1.29, 1.82) is 0 Å². The average Bonchev–Trinajstić information content (AvgIpc) is 2.50. The summed E-state index contributed by atoms with van der Waals surface area (Å²) < 4.78 is 4.93. The second-order valence-electron chi connectivity index (χ2n) is 3.16. The van der Waals surface area contributed by atoms with E-state index in [2.05, 4.69) is 10.1 Å². The molecule has 0 N–H and O–H groups in total. The summed E-state index contributed by atoms with van der Waals surface area (Å²) in [6.07, 6.45) is 0. The van der Waals surface area contributed by atoms with E-state index >= 15 is 0 Å². The number of Topliss-reactive ketones (excluding diaryl/α,β-unsaturated/α-hetero) is 1. The van der Waals surface area contributed by atoms with E-state index in [4.69, 9.17) is 4.52 Å². The molecule has 5 nitrogen and oxygen atoms in total. The van der Waals surface area contributed by atoms with Crippen LogP contribution in [0.5, 0.6) is 0 Å². The van der Waals surface area contributed by atoms with Crippen LogP contribution in [0.15, 0.2) is 4.52 Å². The summed E-state index contributed by atoms with van der Waals surface area (Å²) in [5, 5.41) is 3.71. The highest BCUT2D eigenvalue weighted by molar-refractivity contribution is 5.81. The standard InChI is InChI=1S/C8H13N3O2/c1-5(6(2)12)7-9-8(10-13-7)11(3)4/h5H,1-4H3. The Bertz CT molecular complexity index is 306. The van der Waals surface area contributed by atoms with Crippen LogP contribution in [0.3, 0.4) is 0 Å².